The summed E-state index contributed by atoms with van der Waals surface area (Å²) >= 11 is 0. The van der Waals surface area contributed by atoms with Crippen molar-refractivity contribution in [3.8, 4) is 0 Å². The van der Waals surface area contributed by atoms with Crippen molar-refractivity contribution < 1.29 is 5.11 Å². The molecule has 102 valence electrons. The molecule has 0 aromatic heterocycles. The lowest BCUT2D eigenvalue weighted by atomic mass is 9.71. The van der Waals surface area contributed by atoms with Crippen LogP contribution in [0.25, 0.3) is 0 Å². The first-order chi connectivity index (χ1) is 7.87. The van der Waals surface area contributed by atoms with Gasteiger partial charge in [0.05, 0.1) is 0 Å². The van der Waals surface area contributed by atoms with Crippen molar-refractivity contribution in [3.05, 3.63) is 0 Å². The van der Waals surface area contributed by atoms with Crippen LogP contribution in [-0.2, 0) is 0 Å². The lowest BCUT2D eigenvalue weighted by molar-refractivity contribution is 0.128. The monoisotopic (exact) mass is 241 g/mol. The largest absolute Gasteiger partial charge is 0.396 e. The quantitative estimate of drug-likeness (QED) is 0.748. The molecule has 0 radical (unpaired) electrons. The van der Waals surface area contributed by atoms with E-state index in [1.54, 1.807) is 0 Å². The molecule has 0 unspecified atom stereocenters. The molecule has 1 saturated carbocycles. The lowest BCUT2D eigenvalue weighted by Gasteiger charge is -2.38. The molecule has 0 spiro atoms. The van der Waals surface area contributed by atoms with Crippen molar-refractivity contribution in [3.63, 3.8) is 0 Å². The minimum Gasteiger partial charge on any atom is -0.396 e. The zero-order valence-electron chi connectivity index (χ0n) is 12.2. The molecule has 1 rings (SSSR count). The van der Waals surface area contributed by atoms with Crippen LogP contribution in [0.2, 0.25) is 0 Å². The normalized spacial score (nSPS) is 19.6. The topological polar surface area (TPSA) is 32.3 Å². The number of hydrogen-bond acceptors (Lipinski definition) is 2. The molecule has 0 aliphatic heterocycles. The summed E-state index contributed by atoms with van der Waals surface area (Å²) in [6, 6.07) is 0. The van der Waals surface area contributed by atoms with Crippen LogP contribution in [0, 0.1) is 16.7 Å². The molecule has 2 nitrogen and oxygen atoms in total. The summed E-state index contributed by atoms with van der Waals surface area (Å²) < 4.78 is 0. The molecule has 0 amide bonds. The van der Waals surface area contributed by atoms with Crippen molar-refractivity contribution in [1.29, 1.82) is 0 Å². The average molecular weight is 241 g/mol. The fourth-order valence-electron chi connectivity index (χ4n) is 2.81. The summed E-state index contributed by atoms with van der Waals surface area (Å²) in [6.45, 7) is 11.2. The molecule has 1 fully saturated rings. The van der Waals surface area contributed by atoms with Gasteiger partial charge in [-0.25, -0.2) is 0 Å². The van der Waals surface area contributed by atoms with Crippen LogP contribution in [0.4, 0.5) is 0 Å². The van der Waals surface area contributed by atoms with Crippen molar-refractivity contribution in [2.24, 2.45) is 16.7 Å². The molecule has 1 aliphatic rings. The van der Waals surface area contributed by atoms with E-state index in [0.717, 1.165) is 19.0 Å². The predicted molar refractivity (Wildman–Crippen MR) is 74.1 cm³/mol. The second-order valence-electron chi connectivity index (χ2n) is 7.25. The number of hydrogen-bond donors (Lipinski definition) is 2. The van der Waals surface area contributed by atoms with E-state index in [9.17, 15) is 5.11 Å². The van der Waals surface area contributed by atoms with Crippen molar-refractivity contribution in [2.45, 2.75) is 59.8 Å². The Morgan fingerprint density at radius 3 is 2.12 bits per heavy atom. The number of aliphatic hydroxyl groups is 1. The Balaban J connectivity index is 2.33. The van der Waals surface area contributed by atoms with Gasteiger partial charge in [-0.15, -0.1) is 0 Å². The van der Waals surface area contributed by atoms with E-state index in [1.165, 1.54) is 32.1 Å². The van der Waals surface area contributed by atoms with Crippen molar-refractivity contribution in [1.82, 2.24) is 5.32 Å². The molecule has 2 N–H and O–H groups in total. The van der Waals surface area contributed by atoms with E-state index in [2.05, 4.69) is 33.0 Å². The third-order valence-corrected chi connectivity index (χ3v) is 4.32. The van der Waals surface area contributed by atoms with E-state index >= 15 is 0 Å². The molecule has 17 heavy (non-hydrogen) atoms. The molecule has 0 bridgehead atoms. The Kier molecular flexibility index (Phi) is 5.46. The van der Waals surface area contributed by atoms with E-state index < -0.39 is 0 Å². The summed E-state index contributed by atoms with van der Waals surface area (Å²) in [7, 11) is 0. The maximum absolute atomic E-state index is 9.23. The number of nitrogens with one attached hydrogen (secondary N) is 1. The van der Waals surface area contributed by atoms with Gasteiger partial charge in [0.2, 0.25) is 0 Å². The Morgan fingerprint density at radius 2 is 1.59 bits per heavy atom. The third-order valence-electron chi connectivity index (χ3n) is 4.32. The van der Waals surface area contributed by atoms with Crippen LogP contribution < -0.4 is 5.32 Å². The van der Waals surface area contributed by atoms with Gasteiger partial charge < -0.3 is 10.4 Å². The molecule has 0 aromatic rings. The second-order valence-corrected chi connectivity index (χ2v) is 7.25. The van der Waals surface area contributed by atoms with Gasteiger partial charge in [0.25, 0.3) is 0 Å². The molecule has 0 heterocycles. The van der Waals surface area contributed by atoms with E-state index in [-0.39, 0.29) is 12.0 Å². The number of rotatable bonds is 6. The minimum atomic E-state index is 0.00262. The SMILES string of the molecule is CC(C)(CO)CNCC(C)(C)C1CCCCC1. The summed E-state index contributed by atoms with van der Waals surface area (Å²) in [6.07, 6.45) is 7.06. The summed E-state index contributed by atoms with van der Waals surface area (Å²) in [5, 5.41) is 12.8. The molecule has 0 saturated heterocycles. The highest BCUT2D eigenvalue weighted by Crippen LogP contribution is 2.37. The standard InChI is InChI=1S/C15H31NO/c1-14(2,12-17)10-16-11-15(3,4)13-8-6-5-7-9-13/h13,16-17H,5-12H2,1-4H3. The fraction of sp³-hybridized carbons (Fsp3) is 1.00. The van der Waals surface area contributed by atoms with Gasteiger partial charge in [0.1, 0.15) is 0 Å². The minimum absolute atomic E-state index is 0.00262. The van der Waals surface area contributed by atoms with Gasteiger partial charge in [-0.3, -0.25) is 0 Å². The maximum atomic E-state index is 9.23. The highest BCUT2D eigenvalue weighted by molar-refractivity contribution is 4.83. The van der Waals surface area contributed by atoms with Gasteiger partial charge in [-0.1, -0.05) is 47.0 Å². The molecule has 0 aromatic carbocycles. The van der Waals surface area contributed by atoms with Crippen LogP contribution in [0.15, 0.2) is 0 Å². The van der Waals surface area contributed by atoms with Gasteiger partial charge in [0, 0.05) is 25.1 Å². The highest BCUT2D eigenvalue weighted by Gasteiger charge is 2.30. The van der Waals surface area contributed by atoms with Gasteiger partial charge in [0.15, 0.2) is 0 Å². The molecule has 0 atom stereocenters. The first-order valence-electron chi connectivity index (χ1n) is 7.19. The third kappa shape index (κ3) is 4.97. The van der Waals surface area contributed by atoms with Gasteiger partial charge >= 0.3 is 0 Å². The molecule has 1 aliphatic carbocycles. The second kappa shape index (κ2) is 6.19. The van der Waals surface area contributed by atoms with E-state index in [0.29, 0.717) is 5.41 Å². The first-order valence-corrected chi connectivity index (χ1v) is 7.19. The molecular formula is C15H31NO. The van der Waals surface area contributed by atoms with Crippen LogP contribution >= 0.6 is 0 Å². The predicted octanol–water partition coefficient (Wildman–Crippen LogP) is 3.20. The molecule has 2 heteroatoms. The van der Waals surface area contributed by atoms with Crippen molar-refractivity contribution >= 4 is 0 Å². The Bertz CT molecular complexity index is 217. The van der Waals surface area contributed by atoms with E-state index in [1.807, 2.05) is 0 Å². The fourth-order valence-corrected chi connectivity index (χ4v) is 2.81. The van der Waals surface area contributed by atoms with Crippen LogP contribution in [0.5, 0.6) is 0 Å². The Labute approximate surface area is 107 Å². The van der Waals surface area contributed by atoms with Gasteiger partial charge in [-0.2, -0.15) is 0 Å². The summed E-state index contributed by atoms with van der Waals surface area (Å²) in [5.41, 5.74) is 0.397. The Morgan fingerprint density at radius 1 is 1.00 bits per heavy atom. The van der Waals surface area contributed by atoms with Crippen molar-refractivity contribution in [2.75, 3.05) is 19.7 Å². The van der Waals surface area contributed by atoms with Gasteiger partial charge in [-0.05, 0) is 24.2 Å². The first kappa shape index (κ1) is 15.0. The zero-order chi connectivity index (χ0) is 12.9. The lowest BCUT2D eigenvalue weighted by Crippen LogP contribution is -2.41. The summed E-state index contributed by atoms with van der Waals surface area (Å²) in [5.74, 6) is 0.876. The zero-order valence-corrected chi connectivity index (χ0v) is 12.2. The smallest absolute Gasteiger partial charge is 0.0494 e. The summed E-state index contributed by atoms with van der Waals surface area (Å²) in [4.78, 5) is 0. The number of aliphatic hydroxyl groups excluding tert-OH is 1. The maximum Gasteiger partial charge on any atom is 0.0494 e. The van der Waals surface area contributed by atoms with E-state index in [4.69, 9.17) is 0 Å². The van der Waals surface area contributed by atoms with Crippen LogP contribution in [0.3, 0.4) is 0 Å². The highest BCUT2D eigenvalue weighted by atomic mass is 16.3. The van der Waals surface area contributed by atoms with Crippen LogP contribution in [-0.4, -0.2) is 24.8 Å². The van der Waals surface area contributed by atoms with Crippen LogP contribution in [0.1, 0.15) is 59.8 Å². The molecular weight excluding hydrogens is 210 g/mol. The Hall–Kier alpha value is -0.0800. The average Bonchev–Trinajstić information content (AvgIpc) is 2.30.